The Morgan fingerprint density at radius 3 is 2.42 bits per heavy atom. The van der Waals surface area contributed by atoms with Crippen molar-refractivity contribution in [2.75, 3.05) is 31.5 Å². The Morgan fingerprint density at radius 1 is 1.03 bits per heavy atom. The minimum absolute atomic E-state index is 0.0421. The van der Waals surface area contributed by atoms with Crippen LogP contribution in [0.3, 0.4) is 0 Å². The number of benzene rings is 1. The summed E-state index contributed by atoms with van der Waals surface area (Å²) in [6.07, 6.45) is 11.3. The van der Waals surface area contributed by atoms with Gasteiger partial charge in [-0.1, -0.05) is 35.9 Å². The van der Waals surface area contributed by atoms with Crippen molar-refractivity contribution < 1.29 is 9.59 Å². The minimum atomic E-state index is -0.338. The highest BCUT2D eigenvalue weighted by molar-refractivity contribution is 7.14. The number of carbonyl (C=O) groups is 2. The van der Waals surface area contributed by atoms with E-state index in [0.29, 0.717) is 16.7 Å². The second kappa shape index (κ2) is 9.92. The molecule has 2 bridgehead atoms. The van der Waals surface area contributed by atoms with E-state index in [-0.39, 0.29) is 40.9 Å². The Hall–Kier alpha value is -2.22. The minimum Gasteiger partial charge on any atom is -0.356 e. The molecule has 190 valence electrons. The predicted octanol–water partition coefficient (Wildman–Crippen LogP) is 5.22. The van der Waals surface area contributed by atoms with Gasteiger partial charge in [-0.05, 0) is 87.5 Å². The molecule has 2 amide bonds. The zero-order valence-corrected chi connectivity index (χ0v) is 22.0. The highest BCUT2D eigenvalue weighted by Crippen LogP contribution is 2.72. The predicted molar refractivity (Wildman–Crippen MR) is 144 cm³/mol. The Bertz CT molecular complexity index is 1150. The lowest BCUT2D eigenvalue weighted by atomic mass is 9.81. The lowest BCUT2D eigenvalue weighted by Crippen LogP contribution is -2.42. The molecular weight excluding hydrogens is 492 g/mol. The van der Waals surface area contributed by atoms with E-state index in [1.807, 2.05) is 29.6 Å². The van der Waals surface area contributed by atoms with Crippen molar-refractivity contribution in [1.82, 2.24) is 15.2 Å². The molecule has 1 saturated heterocycles. The van der Waals surface area contributed by atoms with Crippen molar-refractivity contribution in [3.05, 3.63) is 46.8 Å². The van der Waals surface area contributed by atoms with Crippen LogP contribution in [-0.2, 0) is 9.59 Å². The Labute approximate surface area is 221 Å². The van der Waals surface area contributed by atoms with Gasteiger partial charge in [0.15, 0.2) is 5.13 Å². The van der Waals surface area contributed by atoms with Gasteiger partial charge >= 0.3 is 0 Å². The third kappa shape index (κ3) is 4.50. The number of anilines is 1. The van der Waals surface area contributed by atoms with Crippen LogP contribution >= 0.6 is 22.9 Å². The summed E-state index contributed by atoms with van der Waals surface area (Å²) >= 11 is 7.42. The molecular formula is C28H33ClN4O2S. The molecule has 1 aromatic carbocycles. The first-order valence-electron chi connectivity index (χ1n) is 13.3. The molecule has 3 fully saturated rings. The van der Waals surface area contributed by atoms with Gasteiger partial charge in [0, 0.05) is 22.5 Å². The number of hydrogen-bond acceptors (Lipinski definition) is 5. The van der Waals surface area contributed by atoms with Gasteiger partial charge in [-0.15, -0.1) is 11.3 Å². The summed E-state index contributed by atoms with van der Waals surface area (Å²) in [4.78, 5) is 34.1. The van der Waals surface area contributed by atoms with Gasteiger partial charge in [0.2, 0.25) is 11.8 Å². The fraction of sp³-hybridized carbons (Fsp3) is 0.536. The molecule has 0 radical (unpaired) electrons. The number of nitrogens with zero attached hydrogens (tertiary/aromatic N) is 2. The number of aromatic nitrogens is 1. The summed E-state index contributed by atoms with van der Waals surface area (Å²) in [5.74, 6) is -0.357. The number of likely N-dealkylation sites (tertiary alicyclic amines) is 1. The molecule has 1 aliphatic heterocycles. The molecule has 1 spiro atoms. The van der Waals surface area contributed by atoms with Crippen molar-refractivity contribution in [2.24, 2.45) is 29.1 Å². The first kappa shape index (κ1) is 24.1. The van der Waals surface area contributed by atoms with Gasteiger partial charge < -0.3 is 15.5 Å². The van der Waals surface area contributed by atoms with E-state index in [0.717, 1.165) is 43.5 Å². The molecule has 8 heteroatoms. The fourth-order valence-corrected chi connectivity index (χ4v) is 7.63. The van der Waals surface area contributed by atoms with Crippen molar-refractivity contribution >= 4 is 39.9 Å². The van der Waals surface area contributed by atoms with Gasteiger partial charge in [0.25, 0.3) is 0 Å². The topological polar surface area (TPSA) is 74.3 Å². The van der Waals surface area contributed by atoms with Crippen LogP contribution in [0.2, 0.25) is 5.02 Å². The number of hydrogen-bond donors (Lipinski definition) is 2. The van der Waals surface area contributed by atoms with E-state index < -0.39 is 0 Å². The summed E-state index contributed by atoms with van der Waals surface area (Å²) in [5.41, 5.74) is 1.89. The summed E-state index contributed by atoms with van der Waals surface area (Å²) in [5, 5.41) is 9.42. The van der Waals surface area contributed by atoms with Crippen LogP contribution in [0.5, 0.6) is 0 Å². The van der Waals surface area contributed by atoms with Crippen molar-refractivity contribution in [2.45, 2.75) is 38.5 Å². The Kier molecular flexibility index (Phi) is 6.65. The molecule has 1 aromatic heterocycles. The number of halogens is 1. The number of nitrogens with one attached hydrogen (secondary N) is 2. The van der Waals surface area contributed by atoms with Gasteiger partial charge in [-0.3, -0.25) is 9.59 Å². The number of allylic oxidation sites excluding steroid dienone is 2. The average molecular weight is 525 g/mol. The Morgan fingerprint density at radius 2 is 1.72 bits per heavy atom. The van der Waals surface area contributed by atoms with Gasteiger partial charge in [0.05, 0.1) is 17.5 Å². The monoisotopic (exact) mass is 524 g/mol. The van der Waals surface area contributed by atoms with E-state index in [1.54, 1.807) is 0 Å². The normalized spacial score (nSPS) is 27.6. The number of unbranched alkanes of at least 4 members (excludes halogenated alkanes) is 1. The van der Waals surface area contributed by atoms with Crippen molar-refractivity contribution in [1.29, 1.82) is 0 Å². The molecule has 2 heterocycles. The van der Waals surface area contributed by atoms with Gasteiger partial charge in [-0.2, -0.15) is 0 Å². The van der Waals surface area contributed by atoms with Gasteiger partial charge in [0.1, 0.15) is 0 Å². The van der Waals surface area contributed by atoms with Crippen LogP contribution in [-0.4, -0.2) is 47.9 Å². The highest BCUT2D eigenvalue weighted by Gasteiger charge is 2.69. The Balaban J connectivity index is 1.09. The fourth-order valence-electron chi connectivity index (χ4n) is 6.78. The maximum atomic E-state index is 13.6. The second-order valence-corrected chi connectivity index (χ2v) is 12.1. The second-order valence-electron chi connectivity index (χ2n) is 10.8. The molecule has 3 aliphatic carbocycles. The van der Waals surface area contributed by atoms with Crippen LogP contribution in [0, 0.1) is 29.1 Å². The van der Waals surface area contributed by atoms with Crippen LogP contribution in [0.15, 0.2) is 41.8 Å². The molecule has 4 aliphatic rings. The molecule has 2 aromatic rings. The SMILES string of the molecule is O=C(NCCCCN1CCCC1)[C@H]1[C@H](C(=O)Nc2nc(-c3ccc(Cl)cc3)cs2)[C@@H]2C=C[C@H]1C21CC1. The number of rotatable bonds is 9. The van der Waals surface area contributed by atoms with Crippen molar-refractivity contribution in [3.8, 4) is 11.3 Å². The number of thiazole rings is 1. The zero-order chi connectivity index (χ0) is 24.7. The van der Waals surface area contributed by atoms with Gasteiger partial charge in [-0.25, -0.2) is 4.98 Å². The molecule has 2 N–H and O–H groups in total. The van der Waals surface area contributed by atoms with Crippen LogP contribution in [0.4, 0.5) is 5.13 Å². The standard InChI is InChI=1S/C28H33ClN4O2S/c29-19-7-5-18(6-8-19)22-17-36-27(31-22)32-26(35)24-21-10-9-20(28(21)11-12-28)23(24)25(34)30-13-1-2-14-33-15-3-4-16-33/h5-10,17,20-21,23-24H,1-4,11-16H2,(H,30,34)(H,31,32,35)/t20-,21+,23-,24-/m1/s1. The maximum absolute atomic E-state index is 13.6. The maximum Gasteiger partial charge on any atom is 0.230 e. The molecule has 4 atom stereocenters. The number of amides is 2. The first-order valence-corrected chi connectivity index (χ1v) is 14.5. The molecule has 0 unspecified atom stereocenters. The summed E-state index contributed by atoms with van der Waals surface area (Å²) in [6.45, 7) is 4.22. The molecule has 6 rings (SSSR count). The largest absolute Gasteiger partial charge is 0.356 e. The van der Waals surface area contributed by atoms with Crippen LogP contribution < -0.4 is 10.6 Å². The molecule has 6 nitrogen and oxygen atoms in total. The summed E-state index contributed by atoms with van der Waals surface area (Å²) in [7, 11) is 0. The lowest BCUT2D eigenvalue weighted by Gasteiger charge is -2.26. The average Bonchev–Trinajstić information content (AvgIpc) is 3.20. The third-order valence-electron chi connectivity index (χ3n) is 8.72. The smallest absolute Gasteiger partial charge is 0.230 e. The quantitative estimate of drug-likeness (QED) is 0.348. The lowest BCUT2D eigenvalue weighted by molar-refractivity contribution is -0.132. The van der Waals surface area contributed by atoms with E-state index in [9.17, 15) is 9.59 Å². The first-order chi connectivity index (χ1) is 17.5. The van der Waals surface area contributed by atoms with E-state index in [4.69, 9.17) is 11.6 Å². The number of carbonyl (C=O) groups excluding carboxylic acids is 2. The van der Waals surface area contributed by atoms with Crippen LogP contribution in [0.25, 0.3) is 11.3 Å². The van der Waals surface area contributed by atoms with Crippen molar-refractivity contribution in [3.63, 3.8) is 0 Å². The molecule has 36 heavy (non-hydrogen) atoms. The van der Waals surface area contributed by atoms with E-state index in [1.165, 1.54) is 37.3 Å². The zero-order valence-electron chi connectivity index (χ0n) is 20.4. The molecule has 2 saturated carbocycles. The van der Waals surface area contributed by atoms with E-state index in [2.05, 4.69) is 32.7 Å². The van der Waals surface area contributed by atoms with E-state index >= 15 is 0 Å². The third-order valence-corrected chi connectivity index (χ3v) is 9.73. The summed E-state index contributed by atoms with van der Waals surface area (Å²) in [6, 6.07) is 7.51. The van der Waals surface area contributed by atoms with Crippen LogP contribution in [0.1, 0.15) is 38.5 Å². The summed E-state index contributed by atoms with van der Waals surface area (Å²) < 4.78 is 0. The highest BCUT2D eigenvalue weighted by atomic mass is 35.5.